The second-order valence-electron chi connectivity index (χ2n) is 7.04. The van der Waals surface area contributed by atoms with Crippen LogP contribution in [0.5, 0.6) is 0 Å². The van der Waals surface area contributed by atoms with Crippen molar-refractivity contribution in [1.29, 1.82) is 0 Å². The molecule has 0 bridgehead atoms. The highest BCUT2D eigenvalue weighted by molar-refractivity contribution is 6.38. The maximum absolute atomic E-state index is 12.7. The van der Waals surface area contributed by atoms with Crippen molar-refractivity contribution in [3.05, 3.63) is 105 Å². The van der Waals surface area contributed by atoms with Gasteiger partial charge in [-0.05, 0) is 58.7 Å². The molecule has 1 unspecified atom stereocenters. The Morgan fingerprint density at radius 2 is 1.72 bits per heavy atom. The highest BCUT2D eigenvalue weighted by Gasteiger charge is 2.26. The Balaban J connectivity index is 1.60. The van der Waals surface area contributed by atoms with Crippen LogP contribution >= 0.6 is 23.2 Å². The van der Waals surface area contributed by atoms with E-state index in [9.17, 15) is 4.79 Å². The lowest BCUT2D eigenvalue weighted by atomic mass is 9.92. The average molecular weight is 420 g/mol. The third-order valence-electron chi connectivity index (χ3n) is 5.25. The van der Waals surface area contributed by atoms with E-state index in [0.29, 0.717) is 15.6 Å². The summed E-state index contributed by atoms with van der Waals surface area (Å²) in [6, 6.07) is 18.8. The van der Waals surface area contributed by atoms with Crippen molar-refractivity contribution in [3.8, 4) is 0 Å². The second kappa shape index (κ2) is 7.90. The van der Waals surface area contributed by atoms with Crippen LogP contribution in [0.25, 0.3) is 17.7 Å². The van der Waals surface area contributed by atoms with Gasteiger partial charge in [0.05, 0.1) is 0 Å². The fraction of sp³-hybridized carbons (Fsp3) is 0.0800. The Hall–Kier alpha value is -2.81. The van der Waals surface area contributed by atoms with Crippen LogP contribution in [0.3, 0.4) is 0 Å². The highest BCUT2D eigenvalue weighted by Crippen LogP contribution is 2.46. The normalized spacial score (nSPS) is 14.9. The van der Waals surface area contributed by atoms with E-state index in [-0.39, 0.29) is 11.8 Å². The van der Waals surface area contributed by atoms with Gasteiger partial charge < -0.3 is 5.32 Å². The van der Waals surface area contributed by atoms with Gasteiger partial charge in [-0.1, -0.05) is 73.1 Å². The molecular weight excluding hydrogens is 401 g/mol. The first-order valence-corrected chi connectivity index (χ1v) is 10.1. The summed E-state index contributed by atoms with van der Waals surface area (Å²) >= 11 is 12.8. The summed E-state index contributed by atoms with van der Waals surface area (Å²) < 4.78 is 0. The molecule has 0 aliphatic heterocycles. The summed E-state index contributed by atoms with van der Waals surface area (Å²) in [6.45, 7) is 5.84. The van der Waals surface area contributed by atoms with Crippen molar-refractivity contribution in [2.75, 3.05) is 5.32 Å². The molecule has 144 valence electrons. The van der Waals surface area contributed by atoms with E-state index in [1.54, 1.807) is 6.08 Å². The molecule has 0 radical (unpaired) electrons. The molecule has 1 aliphatic rings. The molecule has 1 aliphatic carbocycles. The number of anilines is 1. The molecule has 1 atom stereocenters. The zero-order valence-corrected chi connectivity index (χ0v) is 17.4. The smallest absolute Gasteiger partial charge is 0.255 e. The lowest BCUT2D eigenvalue weighted by molar-refractivity contribution is 0.102. The van der Waals surface area contributed by atoms with Crippen LogP contribution in [0, 0.1) is 0 Å². The van der Waals surface area contributed by atoms with E-state index in [4.69, 9.17) is 23.2 Å². The van der Waals surface area contributed by atoms with Gasteiger partial charge in [-0.2, -0.15) is 0 Å². The first-order chi connectivity index (χ1) is 14.0. The van der Waals surface area contributed by atoms with Gasteiger partial charge in [-0.3, -0.25) is 4.79 Å². The van der Waals surface area contributed by atoms with Crippen LogP contribution in [0.15, 0.2) is 67.2 Å². The molecule has 1 N–H and O–H groups in total. The maximum Gasteiger partial charge on any atom is 0.255 e. The third kappa shape index (κ3) is 3.74. The van der Waals surface area contributed by atoms with E-state index in [2.05, 4.69) is 24.9 Å². The minimum absolute atomic E-state index is 0.0852. The molecule has 4 rings (SSSR count). The van der Waals surface area contributed by atoms with Gasteiger partial charge in [0.15, 0.2) is 0 Å². The van der Waals surface area contributed by atoms with Crippen molar-refractivity contribution < 1.29 is 4.79 Å². The molecule has 4 heteroatoms. The van der Waals surface area contributed by atoms with Crippen LogP contribution in [0.1, 0.15) is 45.5 Å². The number of fused-ring (bicyclic) bond motifs is 1. The number of carbonyl (C=O) groups is 1. The average Bonchev–Trinajstić information content (AvgIpc) is 3.04. The van der Waals surface area contributed by atoms with Crippen LogP contribution < -0.4 is 5.32 Å². The first-order valence-electron chi connectivity index (χ1n) is 9.31. The summed E-state index contributed by atoms with van der Waals surface area (Å²) in [7, 11) is 0. The molecule has 0 aromatic heterocycles. The Morgan fingerprint density at radius 1 is 1.03 bits per heavy atom. The molecule has 2 nitrogen and oxygen atoms in total. The standard InChI is InChI=1S/C25H19Cl2NO/c1-3-16-7-11-19(12-8-16)28-25(29)18-10-9-17-13-21(15(2)20(17)14-18)24-22(26)5-4-6-23(24)27/h3-15H,1H2,2H3,(H,28,29). The number of benzene rings is 3. The molecule has 1 amide bonds. The Morgan fingerprint density at radius 3 is 2.38 bits per heavy atom. The number of carbonyl (C=O) groups excluding carboxylic acids is 1. The summed E-state index contributed by atoms with van der Waals surface area (Å²) in [5.41, 5.74) is 6.45. The summed E-state index contributed by atoms with van der Waals surface area (Å²) in [5, 5.41) is 4.20. The van der Waals surface area contributed by atoms with Gasteiger partial charge in [0.2, 0.25) is 0 Å². The van der Waals surface area contributed by atoms with Gasteiger partial charge in [0.1, 0.15) is 0 Å². The van der Waals surface area contributed by atoms with Crippen molar-refractivity contribution >= 4 is 52.5 Å². The molecule has 0 saturated carbocycles. The van der Waals surface area contributed by atoms with Crippen molar-refractivity contribution in [2.45, 2.75) is 12.8 Å². The number of rotatable bonds is 4. The predicted octanol–water partition coefficient (Wildman–Crippen LogP) is 7.55. The number of allylic oxidation sites excluding steroid dienone is 1. The number of hydrogen-bond acceptors (Lipinski definition) is 1. The van der Waals surface area contributed by atoms with Gasteiger partial charge >= 0.3 is 0 Å². The maximum atomic E-state index is 12.7. The van der Waals surface area contributed by atoms with Gasteiger partial charge in [0.25, 0.3) is 5.91 Å². The fourth-order valence-electron chi connectivity index (χ4n) is 3.65. The molecule has 3 aromatic rings. The lowest BCUT2D eigenvalue weighted by Gasteiger charge is -2.15. The SMILES string of the molecule is C=Cc1ccc(NC(=O)c2ccc3c(c2)C(C)C(c2c(Cl)cccc2Cl)=C3)cc1. The number of amides is 1. The van der Waals surface area contributed by atoms with Crippen LogP contribution in [0.2, 0.25) is 10.0 Å². The zero-order chi connectivity index (χ0) is 20.5. The van der Waals surface area contributed by atoms with Gasteiger partial charge in [-0.15, -0.1) is 0 Å². The third-order valence-corrected chi connectivity index (χ3v) is 5.88. The summed E-state index contributed by atoms with van der Waals surface area (Å²) in [5.74, 6) is -0.0578. The van der Waals surface area contributed by atoms with E-state index in [0.717, 1.165) is 33.5 Å². The Bertz CT molecular complexity index is 1130. The predicted molar refractivity (Wildman–Crippen MR) is 124 cm³/mol. The number of nitrogens with one attached hydrogen (secondary N) is 1. The summed E-state index contributed by atoms with van der Waals surface area (Å²) in [6.07, 6.45) is 3.87. The lowest BCUT2D eigenvalue weighted by Crippen LogP contribution is -2.12. The molecule has 29 heavy (non-hydrogen) atoms. The van der Waals surface area contributed by atoms with Crippen LogP contribution in [-0.2, 0) is 0 Å². The molecule has 0 fully saturated rings. The molecule has 0 saturated heterocycles. The topological polar surface area (TPSA) is 29.1 Å². The van der Waals surface area contributed by atoms with Crippen LogP contribution in [-0.4, -0.2) is 5.91 Å². The van der Waals surface area contributed by atoms with Crippen molar-refractivity contribution in [3.63, 3.8) is 0 Å². The Kier molecular flexibility index (Phi) is 5.31. The van der Waals surface area contributed by atoms with Crippen LogP contribution in [0.4, 0.5) is 5.69 Å². The monoisotopic (exact) mass is 419 g/mol. The number of halogens is 2. The largest absolute Gasteiger partial charge is 0.322 e. The van der Waals surface area contributed by atoms with E-state index in [1.807, 2.05) is 60.7 Å². The first kappa shape index (κ1) is 19.5. The second-order valence-corrected chi connectivity index (χ2v) is 7.86. The fourth-order valence-corrected chi connectivity index (χ4v) is 4.27. The zero-order valence-electron chi connectivity index (χ0n) is 15.9. The molecule has 0 heterocycles. The quantitative estimate of drug-likeness (QED) is 0.464. The summed E-state index contributed by atoms with van der Waals surface area (Å²) in [4.78, 5) is 12.7. The molecular formula is C25H19Cl2NO. The highest BCUT2D eigenvalue weighted by atomic mass is 35.5. The van der Waals surface area contributed by atoms with E-state index in [1.165, 1.54) is 0 Å². The minimum Gasteiger partial charge on any atom is -0.322 e. The van der Waals surface area contributed by atoms with E-state index >= 15 is 0 Å². The molecule has 3 aromatic carbocycles. The molecule has 0 spiro atoms. The van der Waals surface area contributed by atoms with Gasteiger partial charge in [0, 0.05) is 32.8 Å². The number of hydrogen-bond donors (Lipinski definition) is 1. The van der Waals surface area contributed by atoms with Crippen molar-refractivity contribution in [2.24, 2.45) is 0 Å². The van der Waals surface area contributed by atoms with Gasteiger partial charge in [-0.25, -0.2) is 0 Å². The van der Waals surface area contributed by atoms with Crippen molar-refractivity contribution in [1.82, 2.24) is 0 Å². The van der Waals surface area contributed by atoms with E-state index < -0.39 is 0 Å². The minimum atomic E-state index is -0.143. The Labute approximate surface area is 180 Å².